The molecule has 7 aromatic rings. The van der Waals surface area contributed by atoms with Crippen molar-refractivity contribution < 1.29 is 0 Å². The first-order valence-corrected chi connectivity index (χ1v) is 15.5. The summed E-state index contributed by atoms with van der Waals surface area (Å²) in [6, 6.07) is 55.8. The van der Waals surface area contributed by atoms with Gasteiger partial charge in [0.1, 0.15) is 0 Å². The van der Waals surface area contributed by atoms with Crippen LogP contribution in [0.3, 0.4) is 0 Å². The molecule has 2 heteroatoms. The first-order valence-electron chi connectivity index (χ1n) is 13.5. The van der Waals surface area contributed by atoms with Gasteiger partial charge in [0.05, 0.1) is 0 Å². The molecule has 1 heterocycles. The van der Waals surface area contributed by atoms with Gasteiger partial charge in [-0.1, -0.05) is 115 Å². The molecule has 0 radical (unpaired) electrons. The average Bonchev–Trinajstić information content (AvgIpc) is 3.31. The largest absolute Gasteiger partial charge is 0.132 e. The Labute approximate surface area is 240 Å². The molecular formula is C38H25ClS. The van der Waals surface area contributed by atoms with E-state index >= 15 is 0 Å². The van der Waals surface area contributed by atoms with Gasteiger partial charge in [-0.15, -0.1) is 10.0 Å². The van der Waals surface area contributed by atoms with Gasteiger partial charge < -0.3 is 0 Å². The molecule has 0 amide bonds. The summed E-state index contributed by atoms with van der Waals surface area (Å²) in [5.74, 6) is 0. The zero-order chi connectivity index (χ0) is 26.7. The second kappa shape index (κ2) is 9.13. The van der Waals surface area contributed by atoms with Crippen molar-refractivity contribution in [3.63, 3.8) is 0 Å². The number of fused-ring (bicyclic) bond motifs is 5. The smallest absolute Gasteiger partial charge is 0.0406 e. The van der Waals surface area contributed by atoms with Crippen LogP contribution in [0.2, 0.25) is 5.02 Å². The predicted molar refractivity (Wildman–Crippen MR) is 171 cm³/mol. The molecule has 0 saturated carbocycles. The Morgan fingerprint density at radius 2 is 0.900 bits per heavy atom. The van der Waals surface area contributed by atoms with Gasteiger partial charge in [-0.2, -0.15) is 0 Å². The highest BCUT2D eigenvalue weighted by Crippen LogP contribution is 2.80. The van der Waals surface area contributed by atoms with Gasteiger partial charge in [-0.25, -0.2) is 0 Å². The Hall–Kier alpha value is -4.30. The fourth-order valence-corrected chi connectivity index (χ4v) is 10.7. The van der Waals surface area contributed by atoms with Crippen LogP contribution in [0.5, 0.6) is 0 Å². The Bertz CT molecular complexity index is 1990. The Morgan fingerprint density at radius 3 is 1.55 bits per heavy atom. The summed E-state index contributed by atoms with van der Waals surface area (Å²) in [6.45, 7) is 0. The number of rotatable bonds is 3. The molecule has 0 N–H and O–H groups in total. The lowest BCUT2D eigenvalue weighted by Crippen LogP contribution is -2.02. The van der Waals surface area contributed by atoms with E-state index in [-0.39, 0.29) is 0 Å². The number of halogens is 1. The highest BCUT2D eigenvalue weighted by molar-refractivity contribution is 8.34. The molecule has 0 unspecified atom stereocenters. The van der Waals surface area contributed by atoms with E-state index in [1.54, 1.807) is 0 Å². The van der Waals surface area contributed by atoms with E-state index in [1.807, 2.05) is 12.1 Å². The first-order chi connectivity index (χ1) is 19.7. The lowest BCUT2D eigenvalue weighted by Gasteiger charge is -2.39. The molecular weight excluding hydrogens is 524 g/mol. The van der Waals surface area contributed by atoms with Crippen LogP contribution in [-0.4, -0.2) is 0 Å². The van der Waals surface area contributed by atoms with E-state index in [0.29, 0.717) is 0 Å². The van der Waals surface area contributed by atoms with E-state index in [4.69, 9.17) is 11.6 Å². The van der Waals surface area contributed by atoms with Crippen LogP contribution >= 0.6 is 21.6 Å². The molecule has 1 aliphatic rings. The van der Waals surface area contributed by atoms with Crippen LogP contribution in [0.25, 0.3) is 43.8 Å². The number of hydrogen-bond donors (Lipinski definition) is 0. The Morgan fingerprint density at radius 1 is 0.375 bits per heavy atom. The minimum Gasteiger partial charge on any atom is -0.132 e. The quantitative estimate of drug-likeness (QED) is 0.206. The third-order valence-electron chi connectivity index (χ3n) is 8.15. The molecule has 0 nitrogen and oxygen atoms in total. The maximum Gasteiger partial charge on any atom is 0.0406 e. The molecule has 190 valence electrons. The van der Waals surface area contributed by atoms with E-state index in [0.717, 1.165) is 5.02 Å². The van der Waals surface area contributed by atoms with Crippen molar-refractivity contribution in [2.45, 2.75) is 19.6 Å². The van der Waals surface area contributed by atoms with Gasteiger partial charge in [-0.05, 0) is 92.3 Å². The molecule has 0 aromatic heterocycles. The van der Waals surface area contributed by atoms with Crippen molar-refractivity contribution in [1.29, 1.82) is 0 Å². The summed E-state index contributed by atoms with van der Waals surface area (Å²) >= 11 is 6.26. The SMILES string of the molecule is Clc1ccc(-c2ccc3c(c2)S(c2ccc4ccccc4c2)(c2ccc4ccccc4c2)c2ccccc2-3)cc1. The van der Waals surface area contributed by atoms with Crippen molar-refractivity contribution in [2.24, 2.45) is 0 Å². The van der Waals surface area contributed by atoms with Crippen LogP contribution in [0.4, 0.5) is 0 Å². The molecule has 1 aliphatic heterocycles. The second-order valence-electron chi connectivity index (χ2n) is 10.3. The Balaban J connectivity index is 1.50. The summed E-state index contributed by atoms with van der Waals surface area (Å²) < 4.78 is 0. The lowest BCUT2D eigenvalue weighted by atomic mass is 10.0. The zero-order valence-electron chi connectivity index (χ0n) is 21.7. The summed E-state index contributed by atoms with van der Waals surface area (Å²) in [6.07, 6.45) is 0. The average molecular weight is 549 g/mol. The molecule has 0 fully saturated rings. The summed E-state index contributed by atoms with van der Waals surface area (Å²) in [5, 5.41) is 5.82. The molecule has 0 spiro atoms. The molecule has 0 aliphatic carbocycles. The van der Waals surface area contributed by atoms with Crippen molar-refractivity contribution in [2.75, 3.05) is 0 Å². The molecule has 7 aromatic carbocycles. The summed E-state index contributed by atoms with van der Waals surface area (Å²) in [4.78, 5) is 5.53. The third kappa shape index (κ3) is 3.48. The fraction of sp³-hybridized carbons (Fsp3) is 0. The van der Waals surface area contributed by atoms with E-state index in [2.05, 4.69) is 140 Å². The fourth-order valence-electron chi connectivity index (χ4n) is 6.25. The molecule has 0 bridgehead atoms. The third-order valence-corrected chi connectivity index (χ3v) is 12.3. The van der Waals surface area contributed by atoms with Gasteiger partial charge in [0.25, 0.3) is 0 Å². The van der Waals surface area contributed by atoms with Gasteiger partial charge >= 0.3 is 0 Å². The number of hydrogen-bond acceptors (Lipinski definition) is 0. The van der Waals surface area contributed by atoms with Crippen LogP contribution in [-0.2, 0) is 0 Å². The monoisotopic (exact) mass is 548 g/mol. The maximum atomic E-state index is 6.26. The minimum absolute atomic E-state index is 0.754. The zero-order valence-corrected chi connectivity index (χ0v) is 23.3. The van der Waals surface area contributed by atoms with Crippen LogP contribution < -0.4 is 0 Å². The van der Waals surface area contributed by atoms with Crippen molar-refractivity contribution >= 4 is 43.2 Å². The minimum atomic E-state index is -1.78. The molecule has 40 heavy (non-hydrogen) atoms. The van der Waals surface area contributed by atoms with Crippen LogP contribution in [0, 0.1) is 0 Å². The van der Waals surface area contributed by atoms with Crippen LogP contribution in [0.1, 0.15) is 0 Å². The van der Waals surface area contributed by atoms with Crippen molar-refractivity contribution in [3.8, 4) is 22.3 Å². The normalized spacial score (nSPS) is 14.1. The first kappa shape index (κ1) is 23.6. The van der Waals surface area contributed by atoms with Gasteiger partial charge in [-0.3, -0.25) is 0 Å². The summed E-state index contributed by atoms with van der Waals surface area (Å²) in [5.41, 5.74) is 5.04. The van der Waals surface area contributed by atoms with Gasteiger partial charge in [0.15, 0.2) is 0 Å². The Kier molecular flexibility index (Phi) is 5.38. The standard InChI is InChI=1S/C38H25ClS/c39-32-18-13-28(14-19-32)31-17-22-36-35-11-5-6-12-37(35)40(38(36)25-31,33-20-15-26-7-1-3-9-29(26)23-33)34-21-16-27-8-2-4-10-30(27)24-34/h1-25H. The van der Waals surface area contributed by atoms with Crippen molar-refractivity contribution in [1.82, 2.24) is 0 Å². The highest BCUT2D eigenvalue weighted by atomic mass is 35.5. The maximum absolute atomic E-state index is 6.26. The second-order valence-corrected chi connectivity index (χ2v) is 13.8. The van der Waals surface area contributed by atoms with Crippen molar-refractivity contribution in [3.05, 3.63) is 157 Å². The topological polar surface area (TPSA) is 0 Å². The highest BCUT2D eigenvalue weighted by Gasteiger charge is 2.42. The predicted octanol–water partition coefficient (Wildman–Crippen LogP) is 11.6. The summed E-state index contributed by atoms with van der Waals surface area (Å²) in [7, 11) is -1.78. The van der Waals surface area contributed by atoms with E-state index < -0.39 is 10.0 Å². The van der Waals surface area contributed by atoms with E-state index in [1.165, 1.54) is 63.4 Å². The molecule has 8 rings (SSSR count). The number of benzene rings is 7. The van der Waals surface area contributed by atoms with Gasteiger partial charge in [0.2, 0.25) is 0 Å². The van der Waals surface area contributed by atoms with Gasteiger partial charge in [0, 0.05) is 24.6 Å². The molecule has 0 atom stereocenters. The van der Waals surface area contributed by atoms with Crippen LogP contribution in [0.15, 0.2) is 171 Å². The lowest BCUT2D eigenvalue weighted by molar-refractivity contribution is 1.31. The molecule has 0 saturated heterocycles. The van der Waals surface area contributed by atoms with E-state index in [9.17, 15) is 0 Å².